The summed E-state index contributed by atoms with van der Waals surface area (Å²) < 4.78 is 2.65. The van der Waals surface area contributed by atoms with Crippen molar-refractivity contribution in [2.24, 2.45) is 0 Å². The lowest BCUT2D eigenvalue weighted by Gasteiger charge is -2.42. The van der Waals surface area contributed by atoms with Crippen molar-refractivity contribution < 1.29 is 0 Å². The lowest BCUT2D eigenvalue weighted by molar-refractivity contribution is 0.590. The Bertz CT molecular complexity index is 3030. The van der Waals surface area contributed by atoms with E-state index in [1.54, 1.807) is 0 Å². The molecule has 1 spiro atoms. The zero-order chi connectivity index (χ0) is 38.8. The summed E-state index contributed by atoms with van der Waals surface area (Å²) >= 11 is 1.95. The van der Waals surface area contributed by atoms with Gasteiger partial charge in [-0.3, -0.25) is 0 Å². The summed E-state index contributed by atoms with van der Waals surface area (Å²) in [6.45, 7) is 13.9. The highest BCUT2D eigenvalue weighted by Crippen LogP contribution is 2.65. The Morgan fingerprint density at radius 1 is 0.456 bits per heavy atom. The van der Waals surface area contributed by atoms with Gasteiger partial charge in [-0.05, 0) is 108 Å². The molecule has 8 aromatic carbocycles. The van der Waals surface area contributed by atoms with E-state index in [2.05, 4.69) is 210 Å². The smallest absolute Gasteiger partial charge is 0.0727 e. The minimum absolute atomic E-state index is 0.0222. The predicted octanol–water partition coefficient (Wildman–Crippen LogP) is 15.6. The Kier molecular flexibility index (Phi) is 7.24. The van der Waals surface area contributed by atoms with E-state index in [0.29, 0.717) is 0 Å². The molecular formula is C55H45NS. The topological polar surface area (TPSA) is 3.24 Å². The second-order valence-corrected chi connectivity index (χ2v) is 19.1. The van der Waals surface area contributed by atoms with Gasteiger partial charge in [-0.25, -0.2) is 0 Å². The van der Waals surface area contributed by atoms with Gasteiger partial charge in [0.1, 0.15) is 0 Å². The highest BCUT2D eigenvalue weighted by molar-refractivity contribution is 7.26. The summed E-state index contributed by atoms with van der Waals surface area (Å²) in [5.74, 6) is 0. The third-order valence-corrected chi connectivity index (χ3v) is 13.9. The molecule has 0 saturated heterocycles. The highest BCUT2D eigenvalue weighted by Gasteiger charge is 2.51. The van der Waals surface area contributed by atoms with E-state index in [9.17, 15) is 0 Å². The fourth-order valence-electron chi connectivity index (χ4n) is 10.3. The van der Waals surface area contributed by atoms with Crippen LogP contribution < -0.4 is 4.90 Å². The minimum atomic E-state index is -0.539. The van der Waals surface area contributed by atoms with Crippen LogP contribution in [0.1, 0.15) is 74.9 Å². The van der Waals surface area contributed by atoms with Crippen molar-refractivity contribution in [2.75, 3.05) is 4.90 Å². The molecule has 1 aromatic heterocycles. The maximum absolute atomic E-state index is 2.60. The molecule has 0 saturated carbocycles. The van der Waals surface area contributed by atoms with Crippen molar-refractivity contribution in [1.82, 2.24) is 0 Å². The van der Waals surface area contributed by atoms with Crippen LogP contribution in [0.4, 0.5) is 17.1 Å². The molecule has 57 heavy (non-hydrogen) atoms. The first kappa shape index (κ1) is 34.3. The van der Waals surface area contributed by atoms with Crippen molar-refractivity contribution in [3.05, 3.63) is 197 Å². The molecule has 0 bridgehead atoms. The molecule has 0 N–H and O–H groups in total. The van der Waals surface area contributed by atoms with Crippen LogP contribution in [0.3, 0.4) is 0 Å². The standard InChI is InChI=1S/C55H45NS/c1-53(2,3)34-27-29-36(30-28-34)56(35-17-8-7-9-18-35)47-33-46-50(52-51(47)40-21-12-15-26-48(40)57-52)41-31-32-42(54(4,5)6)39-22-16-25-45(49(39)41)55(46)43-23-13-10-19-37(43)38-20-11-14-24-44(38)55/h7-33H,1-6H3. The van der Waals surface area contributed by atoms with Crippen LogP contribution in [-0.4, -0.2) is 0 Å². The number of hydrogen-bond acceptors (Lipinski definition) is 2. The maximum Gasteiger partial charge on any atom is 0.0727 e. The number of benzene rings is 8. The van der Waals surface area contributed by atoms with Gasteiger partial charge in [-0.15, -0.1) is 11.3 Å². The number of thiophene rings is 1. The molecule has 2 aliphatic carbocycles. The number of anilines is 3. The Morgan fingerprint density at radius 2 is 1.05 bits per heavy atom. The van der Waals surface area contributed by atoms with Crippen molar-refractivity contribution in [2.45, 2.75) is 57.8 Å². The first-order valence-electron chi connectivity index (χ1n) is 20.3. The van der Waals surface area contributed by atoms with Crippen molar-refractivity contribution in [3.63, 3.8) is 0 Å². The highest BCUT2D eigenvalue weighted by atomic mass is 32.1. The van der Waals surface area contributed by atoms with Gasteiger partial charge in [0, 0.05) is 37.1 Å². The van der Waals surface area contributed by atoms with Gasteiger partial charge in [0.05, 0.1) is 11.1 Å². The quantitative estimate of drug-likeness (QED) is 0.174. The van der Waals surface area contributed by atoms with Gasteiger partial charge in [0.15, 0.2) is 0 Å². The molecule has 1 heterocycles. The Labute approximate surface area is 339 Å². The molecule has 9 aromatic rings. The van der Waals surface area contributed by atoms with Crippen LogP contribution in [0.25, 0.3) is 53.2 Å². The van der Waals surface area contributed by atoms with Crippen LogP contribution in [0.2, 0.25) is 0 Å². The van der Waals surface area contributed by atoms with Crippen molar-refractivity contribution in [1.29, 1.82) is 0 Å². The summed E-state index contributed by atoms with van der Waals surface area (Å²) in [5, 5.41) is 5.34. The molecule has 0 radical (unpaired) electrons. The SMILES string of the molecule is CC(C)(C)c1ccc(N(c2ccccc2)c2cc3c(c4sc5ccccc5c24)-c2ccc(C(C)(C)C)c4cccc(c24)C32c3ccccc3-c3ccccc32)cc1. The molecule has 0 atom stereocenters. The Balaban J connectivity index is 1.37. The molecule has 2 heteroatoms. The molecule has 0 unspecified atom stereocenters. The van der Waals surface area contributed by atoms with Crippen LogP contribution in [0, 0.1) is 0 Å². The largest absolute Gasteiger partial charge is 0.310 e. The van der Waals surface area contributed by atoms with Gasteiger partial charge in [0.25, 0.3) is 0 Å². The second kappa shape index (κ2) is 12.0. The molecule has 1 nitrogen and oxygen atoms in total. The lowest BCUT2D eigenvalue weighted by atomic mass is 9.60. The third-order valence-electron chi connectivity index (χ3n) is 12.8. The fraction of sp³-hybridized carbons (Fsp3) is 0.164. The first-order chi connectivity index (χ1) is 27.6. The number of para-hydroxylation sites is 1. The Morgan fingerprint density at radius 3 is 1.74 bits per heavy atom. The molecule has 0 aliphatic heterocycles. The molecular weight excluding hydrogens is 707 g/mol. The first-order valence-corrected chi connectivity index (χ1v) is 21.1. The lowest BCUT2D eigenvalue weighted by Crippen LogP contribution is -2.32. The van der Waals surface area contributed by atoms with E-state index in [-0.39, 0.29) is 10.8 Å². The summed E-state index contributed by atoms with van der Waals surface area (Å²) in [6, 6.07) is 62.4. The summed E-state index contributed by atoms with van der Waals surface area (Å²) in [5.41, 5.74) is 16.5. The van der Waals surface area contributed by atoms with Crippen molar-refractivity contribution in [3.8, 4) is 22.3 Å². The van der Waals surface area contributed by atoms with E-state index in [1.165, 1.54) is 92.3 Å². The zero-order valence-electron chi connectivity index (χ0n) is 33.4. The van der Waals surface area contributed by atoms with Crippen LogP contribution in [0.15, 0.2) is 164 Å². The minimum Gasteiger partial charge on any atom is -0.310 e. The van der Waals surface area contributed by atoms with Crippen LogP contribution >= 0.6 is 11.3 Å². The summed E-state index contributed by atoms with van der Waals surface area (Å²) in [6.07, 6.45) is 0. The van der Waals surface area contributed by atoms with Crippen LogP contribution in [-0.2, 0) is 16.2 Å². The van der Waals surface area contributed by atoms with E-state index >= 15 is 0 Å². The fourth-order valence-corrected chi connectivity index (χ4v) is 11.6. The van der Waals surface area contributed by atoms with E-state index in [4.69, 9.17) is 0 Å². The number of hydrogen-bond donors (Lipinski definition) is 0. The average molecular weight is 752 g/mol. The van der Waals surface area contributed by atoms with Gasteiger partial charge < -0.3 is 4.90 Å². The molecule has 2 aliphatic rings. The molecule has 0 fully saturated rings. The van der Waals surface area contributed by atoms with Gasteiger partial charge in [0.2, 0.25) is 0 Å². The molecule has 276 valence electrons. The average Bonchev–Trinajstić information content (AvgIpc) is 3.75. The zero-order valence-corrected chi connectivity index (χ0v) is 34.3. The van der Waals surface area contributed by atoms with Gasteiger partial charge in [-0.2, -0.15) is 0 Å². The molecule has 11 rings (SSSR count). The third kappa shape index (κ3) is 4.74. The predicted molar refractivity (Wildman–Crippen MR) is 245 cm³/mol. The molecule has 0 amide bonds. The summed E-state index contributed by atoms with van der Waals surface area (Å²) in [4.78, 5) is 2.52. The van der Waals surface area contributed by atoms with E-state index < -0.39 is 5.41 Å². The van der Waals surface area contributed by atoms with Crippen LogP contribution in [0.5, 0.6) is 0 Å². The number of rotatable bonds is 3. The van der Waals surface area contributed by atoms with Gasteiger partial charge >= 0.3 is 0 Å². The normalized spacial score (nSPS) is 13.9. The summed E-state index contributed by atoms with van der Waals surface area (Å²) in [7, 11) is 0. The number of fused-ring (bicyclic) bond motifs is 13. The Hall–Kier alpha value is -5.96. The second-order valence-electron chi connectivity index (χ2n) is 18.1. The monoisotopic (exact) mass is 751 g/mol. The van der Waals surface area contributed by atoms with E-state index in [1.807, 2.05) is 11.3 Å². The van der Waals surface area contributed by atoms with Gasteiger partial charge in [-0.1, -0.05) is 169 Å². The number of nitrogens with zero attached hydrogens (tertiary/aromatic N) is 1. The van der Waals surface area contributed by atoms with E-state index in [0.717, 1.165) is 11.4 Å². The maximum atomic E-state index is 2.60. The van der Waals surface area contributed by atoms with Crippen molar-refractivity contribution >= 4 is 59.3 Å².